The Morgan fingerprint density at radius 2 is 2.16 bits per heavy atom. The minimum absolute atomic E-state index is 0.320. The molecule has 0 amide bonds. The van der Waals surface area contributed by atoms with Crippen LogP contribution in [0.5, 0.6) is 0 Å². The molecule has 0 bridgehead atoms. The lowest BCUT2D eigenvalue weighted by Crippen LogP contribution is -2.06. The largest absolute Gasteiger partial charge is 0.416 e. The van der Waals surface area contributed by atoms with Gasteiger partial charge >= 0.3 is 6.18 Å². The van der Waals surface area contributed by atoms with Crippen LogP contribution < -0.4 is 5.32 Å². The predicted molar refractivity (Wildman–Crippen MR) is 87.3 cm³/mol. The van der Waals surface area contributed by atoms with Gasteiger partial charge in [-0.25, -0.2) is 9.67 Å². The Hall–Kier alpha value is -2.46. The Balaban J connectivity index is 1.73. The quantitative estimate of drug-likeness (QED) is 0.718. The summed E-state index contributed by atoms with van der Waals surface area (Å²) >= 11 is 1.19. The van der Waals surface area contributed by atoms with Crippen molar-refractivity contribution in [1.82, 2.24) is 19.1 Å². The van der Waals surface area contributed by atoms with Crippen LogP contribution in [0.15, 0.2) is 36.7 Å². The summed E-state index contributed by atoms with van der Waals surface area (Å²) in [5, 5.41) is 7.70. The van der Waals surface area contributed by atoms with Crippen LogP contribution in [0.4, 0.5) is 24.0 Å². The standard InChI is InChI=1S/C15H14F3N5OS/c1-24-6-5-13-21-14(25-22-13)20-11-8-19-23(9-11)12-4-2-3-10(7-12)15(16,17)18/h2-4,7-9H,5-6H2,1H3,(H,20,21,22). The van der Waals surface area contributed by atoms with Crippen molar-refractivity contribution in [3.05, 3.63) is 48.0 Å². The van der Waals surface area contributed by atoms with Crippen LogP contribution in [0.1, 0.15) is 11.4 Å². The second kappa shape index (κ2) is 7.19. The fourth-order valence-corrected chi connectivity index (χ4v) is 2.71. The van der Waals surface area contributed by atoms with Gasteiger partial charge in [0.2, 0.25) is 5.13 Å². The minimum atomic E-state index is -4.39. The van der Waals surface area contributed by atoms with E-state index in [-0.39, 0.29) is 0 Å². The van der Waals surface area contributed by atoms with Gasteiger partial charge in [-0.05, 0) is 18.2 Å². The number of nitrogens with zero attached hydrogens (tertiary/aromatic N) is 4. The van der Waals surface area contributed by atoms with E-state index in [0.29, 0.717) is 35.4 Å². The highest BCUT2D eigenvalue weighted by Gasteiger charge is 2.30. The number of hydrogen-bond acceptors (Lipinski definition) is 6. The topological polar surface area (TPSA) is 64.9 Å². The van der Waals surface area contributed by atoms with E-state index in [9.17, 15) is 13.2 Å². The van der Waals surface area contributed by atoms with Gasteiger partial charge < -0.3 is 10.1 Å². The minimum Gasteiger partial charge on any atom is -0.384 e. The second-order valence-electron chi connectivity index (χ2n) is 5.11. The predicted octanol–water partition coefficient (Wildman–Crippen LogP) is 3.68. The zero-order valence-electron chi connectivity index (χ0n) is 13.1. The van der Waals surface area contributed by atoms with Crippen molar-refractivity contribution >= 4 is 22.4 Å². The van der Waals surface area contributed by atoms with Crippen molar-refractivity contribution < 1.29 is 17.9 Å². The number of benzene rings is 1. The molecule has 0 saturated heterocycles. The summed E-state index contributed by atoms with van der Waals surface area (Å²) < 4.78 is 48.9. The molecule has 6 nitrogen and oxygen atoms in total. The average molecular weight is 369 g/mol. The molecule has 1 aromatic carbocycles. The summed E-state index contributed by atoms with van der Waals surface area (Å²) in [6, 6.07) is 4.97. The zero-order chi connectivity index (χ0) is 17.9. The number of rotatable bonds is 6. The molecular formula is C15H14F3N5OS. The number of methoxy groups -OCH3 is 1. The normalized spacial score (nSPS) is 11.7. The van der Waals surface area contributed by atoms with Gasteiger partial charge in [-0.15, -0.1) is 0 Å². The molecule has 0 unspecified atom stereocenters. The third kappa shape index (κ3) is 4.34. The molecule has 0 aliphatic rings. The monoisotopic (exact) mass is 369 g/mol. The fourth-order valence-electron chi connectivity index (χ4n) is 2.08. The van der Waals surface area contributed by atoms with E-state index in [1.807, 2.05) is 0 Å². The first-order valence-corrected chi connectivity index (χ1v) is 8.04. The zero-order valence-corrected chi connectivity index (χ0v) is 13.9. The molecule has 0 spiro atoms. The van der Waals surface area contributed by atoms with Gasteiger partial charge in [0.05, 0.1) is 35.9 Å². The van der Waals surface area contributed by atoms with Crippen molar-refractivity contribution in [2.75, 3.05) is 19.0 Å². The third-order valence-corrected chi connectivity index (χ3v) is 3.94. The fraction of sp³-hybridized carbons (Fsp3) is 0.267. The van der Waals surface area contributed by atoms with Crippen LogP contribution >= 0.6 is 11.5 Å². The number of hydrogen-bond donors (Lipinski definition) is 1. The summed E-state index contributed by atoms with van der Waals surface area (Å²) in [6.45, 7) is 0.531. The first kappa shape index (κ1) is 17.4. The highest BCUT2D eigenvalue weighted by molar-refractivity contribution is 7.09. The van der Waals surface area contributed by atoms with E-state index in [4.69, 9.17) is 4.74 Å². The first-order chi connectivity index (χ1) is 12.0. The Morgan fingerprint density at radius 3 is 2.92 bits per heavy atom. The summed E-state index contributed by atoms with van der Waals surface area (Å²) in [4.78, 5) is 4.30. The molecule has 0 radical (unpaired) electrons. The van der Waals surface area contributed by atoms with E-state index in [2.05, 4.69) is 19.8 Å². The van der Waals surface area contributed by atoms with Gasteiger partial charge in [-0.3, -0.25) is 0 Å². The molecule has 1 N–H and O–H groups in total. The molecule has 0 aliphatic heterocycles. The number of halogens is 3. The number of aromatic nitrogens is 4. The molecule has 3 rings (SSSR count). The van der Waals surface area contributed by atoms with Crippen LogP contribution in [0.25, 0.3) is 5.69 Å². The number of anilines is 2. The molecule has 0 aliphatic carbocycles. The highest BCUT2D eigenvalue weighted by Crippen LogP contribution is 2.30. The van der Waals surface area contributed by atoms with E-state index in [0.717, 1.165) is 12.1 Å². The maximum Gasteiger partial charge on any atom is 0.416 e. The molecule has 3 aromatic rings. The van der Waals surface area contributed by atoms with Gasteiger partial charge in [0, 0.05) is 25.1 Å². The van der Waals surface area contributed by atoms with Crippen LogP contribution in [-0.2, 0) is 17.3 Å². The van der Waals surface area contributed by atoms with Gasteiger partial charge in [0.1, 0.15) is 5.82 Å². The Bertz CT molecular complexity index is 846. The third-order valence-electron chi connectivity index (χ3n) is 3.27. The van der Waals surface area contributed by atoms with Crippen molar-refractivity contribution in [2.24, 2.45) is 0 Å². The van der Waals surface area contributed by atoms with Crippen molar-refractivity contribution in [3.8, 4) is 5.69 Å². The van der Waals surface area contributed by atoms with Crippen molar-refractivity contribution in [1.29, 1.82) is 0 Å². The summed E-state index contributed by atoms with van der Waals surface area (Å²) in [5.41, 5.74) is 0.203. The molecule has 132 valence electrons. The summed E-state index contributed by atoms with van der Waals surface area (Å²) in [5.74, 6) is 0.666. The molecule has 0 atom stereocenters. The number of ether oxygens (including phenoxy) is 1. The van der Waals surface area contributed by atoms with Crippen LogP contribution in [-0.4, -0.2) is 32.9 Å². The van der Waals surface area contributed by atoms with Crippen LogP contribution in [0.3, 0.4) is 0 Å². The lowest BCUT2D eigenvalue weighted by Gasteiger charge is -2.08. The van der Waals surface area contributed by atoms with Gasteiger partial charge in [-0.1, -0.05) is 6.07 Å². The summed E-state index contributed by atoms with van der Waals surface area (Å²) in [7, 11) is 1.60. The van der Waals surface area contributed by atoms with Gasteiger partial charge in [0.25, 0.3) is 0 Å². The average Bonchev–Trinajstić information content (AvgIpc) is 3.22. The van der Waals surface area contributed by atoms with E-state index in [1.54, 1.807) is 19.4 Å². The lowest BCUT2D eigenvalue weighted by molar-refractivity contribution is -0.137. The van der Waals surface area contributed by atoms with Gasteiger partial charge in [0.15, 0.2) is 0 Å². The highest BCUT2D eigenvalue weighted by atomic mass is 32.1. The molecule has 10 heteroatoms. The molecule has 0 saturated carbocycles. The van der Waals surface area contributed by atoms with E-state index in [1.165, 1.54) is 28.5 Å². The Morgan fingerprint density at radius 1 is 1.32 bits per heavy atom. The Kier molecular flexibility index (Phi) is 5.00. The first-order valence-electron chi connectivity index (χ1n) is 7.26. The number of nitrogens with one attached hydrogen (secondary N) is 1. The maximum atomic E-state index is 12.8. The van der Waals surface area contributed by atoms with Crippen LogP contribution in [0.2, 0.25) is 0 Å². The lowest BCUT2D eigenvalue weighted by atomic mass is 10.2. The molecule has 2 aromatic heterocycles. The summed E-state index contributed by atoms with van der Waals surface area (Å²) in [6.07, 6.45) is -0.685. The van der Waals surface area contributed by atoms with E-state index < -0.39 is 11.7 Å². The van der Waals surface area contributed by atoms with Crippen molar-refractivity contribution in [3.63, 3.8) is 0 Å². The number of alkyl halides is 3. The smallest absolute Gasteiger partial charge is 0.384 e. The maximum absolute atomic E-state index is 12.8. The molecule has 2 heterocycles. The molecule has 25 heavy (non-hydrogen) atoms. The molecular weight excluding hydrogens is 355 g/mol. The van der Waals surface area contributed by atoms with E-state index >= 15 is 0 Å². The van der Waals surface area contributed by atoms with Crippen LogP contribution in [0, 0.1) is 0 Å². The van der Waals surface area contributed by atoms with Gasteiger partial charge in [-0.2, -0.15) is 22.6 Å². The SMILES string of the molecule is COCCc1nsc(Nc2cnn(-c3cccc(C(F)(F)F)c3)c2)n1. The molecule has 0 fully saturated rings. The van der Waals surface area contributed by atoms with Crippen molar-refractivity contribution in [2.45, 2.75) is 12.6 Å². The Labute approximate surface area is 145 Å². The second-order valence-corrected chi connectivity index (χ2v) is 5.86.